The first-order valence-corrected chi connectivity index (χ1v) is 7.11. The van der Waals surface area contributed by atoms with Crippen molar-refractivity contribution in [3.8, 4) is 0 Å². The van der Waals surface area contributed by atoms with E-state index in [1.807, 2.05) is 11.8 Å². The Morgan fingerprint density at radius 3 is 1.88 bits per heavy atom. The molecule has 0 atom stereocenters. The fourth-order valence-corrected chi connectivity index (χ4v) is 2.60. The fourth-order valence-electron chi connectivity index (χ4n) is 2.60. The van der Waals surface area contributed by atoms with E-state index in [2.05, 4.69) is 20.8 Å². The lowest BCUT2D eigenvalue weighted by molar-refractivity contribution is -0.142. The van der Waals surface area contributed by atoms with E-state index in [0.717, 1.165) is 45.2 Å². The highest BCUT2D eigenvalue weighted by atomic mass is 16.2. The highest BCUT2D eigenvalue weighted by Crippen LogP contribution is 2.31. The van der Waals surface area contributed by atoms with Crippen molar-refractivity contribution < 1.29 is 4.79 Å². The molecule has 3 nitrogen and oxygen atoms in total. The van der Waals surface area contributed by atoms with Crippen LogP contribution < -0.4 is 5.73 Å². The van der Waals surface area contributed by atoms with Crippen LogP contribution in [0.25, 0.3) is 0 Å². The van der Waals surface area contributed by atoms with E-state index in [9.17, 15) is 4.79 Å². The van der Waals surface area contributed by atoms with Crippen molar-refractivity contribution in [2.75, 3.05) is 19.6 Å². The first-order valence-electron chi connectivity index (χ1n) is 7.11. The summed E-state index contributed by atoms with van der Waals surface area (Å²) >= 11 is 0. The first kappa shape index (κ1) is 16.4. The lowest BCUT2D eigenvalue weighted by Crippen LogP contribution is -2.48. The quantitative estimate of drug-likeness (QED) is 0.676. The summed E-state index contributed by atoms with van der Waals surface area (Å²) in [5.41, 5.74) is 5.61. The summed E-state index contributed by atoms with van der Waals surface area (Å²) in [7, 11) is 0. The van der Waals surface area contributed by atoms with Gasteiger partial charge in [-0.2, -0.15) is 0 Å². The third kappa shape index (κ3) is 4.30. The van der Waals surface area contributed by atoms with E-state index >= 15 is 0 Å². The molecule has 0 aromatic carbocycles. The molecule has 0 rings (SSSR count). The zero-order valence-electron chi connectivity index (χ0n) is 12.1. The standard InChI is InChI=1S/C14H30N2O/c1-5-9-14(12-15,10-6-2)13(17)16(8-4)11-7-3/h5-12,15H2,1-4H3. The molecule has 0 aliphatic heterocycles. The molecule has 0 unspecified atom stereocenters. The molecule has 0 aromatic rings. The van der Waals surface area contributed by atoms with Gasteiger partial charge in [0.2, 0.25) is 5.91 Å². The summed E-state index contributed by atoms with van der Waals surface area (Å²) in [6, 6.07) is 0. The molecule has 17 heavy (non-hydrogen) atoms. The Morgan fingerprint density at radius 2 is 1.59 bits per heavy atom. The summed E-state index contributed by atoms with van der Waals surface area (Å²) in [5.74, 6) is 0.271. The second-order valence-corrected chi connectivity index (χ2v) is 4.87. The van der Waals surface area contributed by atoms with Crippen molar-refractivity contribution in [1.29, 1.82) is 0 Å². The molecule has 0 fully saturated rings. The molecule has 0 aliphatic carbocycles. The molecule has 0 aliphatic rings. The van der Waals surface area contributed by atoms with Crippen molar-refractivity contribution in [3.05, 3.63) is 0 Å². The Hall–Kier alpha value is -0.570. The van der Waals surface area contributed by atoms with Crippen LogP contribution in [0, 0.1) is 5.41 Å². The Kier molecular flexibility index (Phi) is 8.23. The maximum Gasteiger partial charge on any atom is 0.230 e. The lowest BCUT2D eigenvalue weighted by atomic mass is 9.78. The highest BCUT2D eigenvalue weighted by Gasteiger charge is 2.37. The molecule has 0 spiro atoms. The molecule has 0 radical (unpaired) electrons. The Labute approximate surface area is 107 Å². The highest BCUT2D eigenvalue weighted by molar-refractivity contribution is 5.83. The third-order valence-corrected chi connectivity index (χ3v) is 3.46. The molecule has 0 aromatic heterocycles. The molecule has 0 heterocycles. The maximum atomic E-state index is 12.6. The molecule has 0 bridgehead atoms. The zero-order chi connectivity index (χ0) is 13.3. The average Bonchev–Trinajstić information content (AvgIpc) is 2.34. The van der Waals surface area contributed by atoms with Crippen LogP contribution in [0.1, 0.15) is 59.8 Å². The smallest absolute Gasteiger partial charge is 0.230 e. The van der Waals surface area contributed by atoms with Gasteiger partial charge in [0, 0.05) is 19.6 Å². The SMILES string of the molecule is CCCN(CC)C(=O)C(CN)(CCC)CCC. The summed E-state index contributed by atoms with van der Waals surface area (Å²) in [5, 5.41) is 0. The number of rotatable bonds is 9. The van der Waals surface area contributed by atoms with Gasteiger partial charge in [-0.3, -0.25) is 4.79 Å². The summed E-state index contributed by atoms with van der Waals surface area (Å²) in [6.45, 7) is 10.5. The van der Waals surface area contributed by atoms with Crippen LogP contribution in [-0.2, 0) is 4.79 Å². The van der Waals surface area contributed by atoms with E-state index in [-0.39, 0.29) is 11.3 Å². The lowest BCUT2D eigenvalue weighted by Gasteiger charge is -2.36. The van der Waals surface area contributed by atoms with Gasteiger partial charge in [-0.25, -0.2) is 0 Å². The Morgan fingerprint density at radius 1 is 1.06 bits per heavy atom. The van der Waals surface area contributed by atoms with Crippen LogP contribution in [0.15, 0.2) is 0 Å². The predicted molar refractivity (Wildman–Crippen MR) is 73.8 cm³/mol. The minimum Gasteiger partial charge on any atom is -0.342 e. The monoisotopic (exact) mass is 242 g/mol. The van der Waals surface area contributed by atoms with Crippen molar-refractivity contribution in [2.24, 2.45) is 11.1 Å². The number of hydrogen-bond donors (Lipinski definition) is 1. The molecule has 102 valence electrons. The number of nitrogens with two attached hydrogens (primary N) is 1. The van der Waals surface area contributed by atoms with Gasteiger partial charge >= 0.3 is 0 Å². The summed E-state index contributed by atoms with van der Waals surface area (Å²) < 4.78 is 0. The molecular formula is C14H30N2O. The van der Waals surface area contributed by atoms with E-state index in [4.69, 9.17) is 5.73 Å². The maximum absolute atomic E-state index is 12.6. The van der Waals surface area contributed by atoms with Crippen LogP contribution in [0.3, 0.4) is 0 Å². The van der Waals surface area contributed by atoms with Gasteiger partial charge in [0.05, 0.1) is 5.41 Å². The van der Waals surface area contributed by atoms with Crippen molar-refractivity contribution in [3.63, 3.8) is 0 Å². The number of hydrogen-bond acceptors (Lipinski definition) is 2. The predicted octanol–water partition coefficient (Wildman–Crippen LogP) is 2.79. The normalized spacial score (nSPS) is 11.6. The van der Waals surface area contributed by atoms with Gasteiger partial charge in [-0.1, -0.05) is 33.6 Å². The van der Waals surface area contributed by atoms with Crippen LogP contribution in [0.4, 0.5) is 0 Å². The summed E-state index contributed by atoms with van der Waals surface area (Å²) in [4.78, 5) is 14.6. The van der Waals surface area contributed by atoms with Crippen LogP contribution in [-0.4, -0.2) is 30.4 Å². The van der Waals surface area contributed by atoms with E-state index in [1.165, 1.54) is 0 Å². The average molecular weight is 242 g/mol. The van der Waals surface area contributed by atoms with Gasteiger partial charge in [0.25, 0.3) is 0 Å². The number of nitrogens with zero attached hydrogens (tertiary/aromatic N) is 1. The van der Waals surface area contributed by atoms with E-state index < -0.39 is 0 Å². The topological polar surface area (TPSA) is 46.3 Å². The molecular weight excluding hydrogens is 212 g/mol. The number of carbonyl (C=O) groups is 1. The van der Waals surface area contributed by atoms with Crippen molar-refractivity contribution >= 4 is 5.91 Å². The summed E-state index contributed by atoms with van der Waals surface area (Å²) in [6.07, 6.45) is 4.88. The van der Waals surface area contributed by atoms with Crippen LogP contribution in [0.5, 0.6) is 0 Å². The van der Waals surface area contributed by atoms with Gasteiger partial charge < -0.3 is 10.6 Å². The number of carbonyl (C=O) groups excluding carboxylic acids is 1. The van der Waals surface area contributed by atoms with Gasteiger partial charge in [0.15, 0.2) is 0 Å². The largest absolute Gasteiger partial charge is 0.342 e. The van der Waals surface area contributed by atoms with Gasteiger partial charge in [-0.05, 0) is 26.2 Å². The molecule has 0 saturated heterocycles. The van der Waals surface area contributed by atoms with Gasteiger partial charge in [0.1, 0.15) is 0 Å². The fraction of sp³-hybridized carbons (Fsp3) is 0.929. The van der Waals surface area contributed by atoms with Crippen LogP contribution in [0.2, 0.25) is 0 Å². The molecule has 1 amide bonds. The van der Waals surface area contributed by atoms with Crippen molar-refractivity contribution in [1.82, 2.24) is 4.90 Å². The Bertz CT molecular complexity index is 210. The second kappa shape index (κ2) is 8.51. The first-order chi connectivity index (χ1) is 8.11. The van der Waals surface area contributed by atoms with Crippen molar-refractivity contribution in [2.45, 2.75) is 59.8 Å². The molecule has 0 saturated carbocycles. The molecule has 2 N–H and O–H groups in total. The minimum absolute atomic E-state index is 0.271. The number of amides is 1. The zero-order valence-corrected chi connectivity index (χ0v) is 12.1. The second-order valence-electron chi connectivity index (χ2n) is 4.87. The van der Waals surface area contributed by atoms with Gasteiger partial charge in [-0.15, -0.1) is 0 Å². The van der Waals surface area contributed by atoms with E-state index in [0.29, 0.717) is 6.54 Å². The Balaban J connectivity index is 4.92. The third-order valence-electron chi connectivity index (χ3n) is 3.46. The minimum atomic E-state index is -0.311. The van der Waals surface area contributed by atoms with Crippen LogP contribution >= 0.6 is 0 Å². The van der Waals surface area contributed by atoms with E-state index in [1.54, 1.807) is 0 Å². The molecule has 3 heteroatoms.